The monoisotopic (exact) mass is 329 g/mol. The molecule has 0 saturated carbocycles. The first kappa shape index (κ1) is 16.7. The molecule has 0 aliphatic carbocycles. The van der Waals surface area contributed by atoms with E-state index < -0.39 is 4.92 Å². The van der Waals surface area contributed by atoms with Crippen LogP contribution in [0.2, 0.25) is 0 Å². The van der Waals surface area contributed by atoms with Crippen molar-refractivity contribution in [1.29, 1.82) is 0 Å². The zero-order valence-corrected chi connectivity index (χ0v) is 13.0. The lowest BCUT2D eigenvalue weighted by Crippen LogP contribution is -2.45. The third-order valence-electron chi connectivity index (χ3n) is 4.62. The van der Waals surface area contributed by atoms with Crippen molar-refractivity contribution in [2.75, 3.05) is 26.2 Å². The number of aromatic nitrogens is 2. The average Bonchev–Trinajstić information content (AvgIpc) is 3.10. The van der Waals surface area contributed by atoms with Gasteiger partial charge >= 0.3 is 5.82 Å². The molecule has 1 N–H and O–H groups in total. The number of rotatable bonds is 3. The van der Waals surface area contributed by atoms with E-state index in [4.69, 9.17) is 0 Å². The highest BCUT2D eigenvalue weighted by molar-refractivity contribution is 5.85. The highest BCUT2D eigenvalue weighted by Gasteiger charge is 2.38. The van der Waals surface area contributed by atoms with Gasteiger partial charge in [-0.15, -0.1) is 12.4 Å². The van der Waals surface area contributed by atoms with Crippen LogP contribution in [0.1, 0.15) is 19.3 Å². The largest absolute Gasteiger partial charge is 0.389 e. The molecular formula is C13H20ClN5O3. The summed E-state index contributed by atoms with van der Waals surface area (Å²) in [6, 6.07) is 1.31. The van der Waals surface area contributed by atoms with E-state index in [1.54, 1.807) is 0 Å². The number of halogens is 1. The van der Waals surface area contributed by atoms with E-state index in [2.05, 4.69) is 10.4 Å². The summed E-state index contributed by atoms with van der Waals surface area (Å²) in [5.74, 6) is -0.244. The molecule has 0 bridgehead atoms. The summed E-state index contributed by atoms with van der Waals surface area (Å²) in [4.78, 5) is 24.1. The van der Waals surface area contributed by atoms with E-state index in [-0.39, 0.29) is 30.7 Å². The number of likely N-dealkylation sites (tertiary alicyclic amines) is 1. The number of hydrogen-bond donors (Lipinski definition) is 1. The van der Waals surface area contributed by atoms with Gasteiger partial charge in [0.15, 0.2) is 0 Å². The minimum atomic E-state index is -0.557. The predicted molar refractivity (Wildman–Crippen MR) is 81.9 cm³/mol. The number of nitrogens with one attached hydrogen (secondary N) is 1. The lowest BCUT2D eigenvalue weighted by Gasteiger charge is -2.38. The third kappa shape index (κ3) is 3.38. The van der Waals surface area contributed by atoms with E-state index in [0.29, 0.717) is 5.41 Å². The van der Waals surface area contributed by atoms with E-state index in [9.17, 15) is 14.9 Å². The van der Waals surface area contributed by atoms with Gasteiger partial charge in [0.1, 0.15) is 6.54 Å². The van der Waals surface area contributed by atoms with Gasteiger partial charge < -0.3 is 20.3 Å². The van der Waals surface area contributed by atoms with Crippen LogP contribution in [-0.2, 0) is 11.3 Å². The van der Waals surface area contributed by atoms with E-state index >= 15 is 0 Å². The molecule has 1 amide bonds. The smallest absolute Gasteiger partial charge is 0.358 e. The quantitative estimate of drug-likeness (QED) is 0.654. The van der Waals surface area contributed by atoms with Crippen LogP contribution >= 0.6 is 12.4 Å². The van der Waals surface area contributed by atoms with Crippen LogP contribution in [0, 0.1) is 15.5 Å². The molecule has 0 aromatic carbocycles. The number of hydrogen-bond acceptors (Lipinski definition) is 5. The van der Waals surface area contributed by atoms with Gasteiger partial charge in [0.25, 0.3) is 0 Å². The van der Waals surface area contributed by atoms with Crippen LogP contribution in [0.5, 0.6) is 0 Å². The van der Waals surface area contributed by atoms with Crippen LogP contribution in [0.3, 0.4) is 0 Å². The molecule has 2 aliphatic rings. The molecule has 8 nitrogen and oxygen atoms in total. The van der Waals surface area contributed by atoms with Gasteiger partial charge in [0.05, 0.1) is 17.4 Å². The predicted octanol–water partition coefficient (Wildman–Crippen LogP) is 0.815. The Bertz CT molecular complexity index is 546. The van der Waals surface area contributed by atoms with Gasteiger partial charge in [-0.1, -0.05) is 0 Å². The lowest BCUT2D eigenvalue weighted by atomic mass is 9.78. The fourth-order valence-electron chi connectivity index (χ4n) is 3.23. The van der Waals surface area contributed by atoms with Gasteiger partial charge in [-0.05, 0) is 36.1 Å². The molecule has 122 valence electrons. The van der Waals surface area contributed by atoms with Crippen molar-refractivity contribution in [3.8, 4) is 0 Å². The number of carbonyl (C=O) groups is 1. The van der Waals surface area contributed by atoms with E-state index in [0.717, 1.165) is 39.0 Å². The van der Waals surface area contributed by atoms with Gasteiger partial charge in [-0.25, -0.2) is 0 Å². The Morgan fingerprint density at radius 2 is 2.14 bits per heavy atom. The average molecular weight is 330 g/mol. The highest BCUT2D eigenvalue weighted by Crippen LogP contribution is 2.36. The second kappa shape index (κ2) is 6.62. The Kier molecular flexibility index (Phi) is 5.02. The van der Waals surface area contributed by atoms with E-state index in [1.807, 2.05) is 4.90 Å². The van der Waals surface area contributed by atoms with Crippen molar-refractivity contribution in [2.24, 2.45) is 5.41 Å². The molecule has 2 fully saturated rings. The number of nitro groups is 1. The third-order valence-corrected chi connectivity index (χ3v) is 4.62. The van der Waals surface area contributed by atoms with E-state index in [1.165, 1.54) is 23.4 Å². The first-order valence-electron chi connectivity index (χ1n) is 7.24. The topological polar surface area (TPSA) is 93.3 Å². The summed E-state index contributed by atoms with van der Waals surface area (Å²) in [7, 11) is 0. The SMILES string of the molecule is Cl.O=C(Cn1ccc([N+](=O)[O-])n1)N1CCC2(CCNC2)CC1. The lowest BCUT2D eigenvalue weighted by molar-refractivity contribution is -0.389. The molecule has 3 heterocycles. The Morgan fingerprint density at radius 3 is 2.68 bits per heavy atom. The Balaban J connectivity index is 0.00000176. The maximum Gasteiger partial charge on any atom is 0.389 e. The molecule has 3 rings (SSSR count). The van der Waals surface area contributed by atoms with Crippen molar-refractivity contribution in [1.82, 2.24) is 20.0 Å². The summed E-state index contributed by atoms with van der Waals surface area (Å²) < 4.78 is 1.34. The van der Waals surface area contributed by atoms with Crippen molar-refractivity contribution in [3.63, 3.8) is 0 Å². The Labute approximate surface area is 134 Å². The van der Waals surface area contributed by atoms with Crippen molar-refractivity contribution >= 4 is 24.1 Å². The molecule has 22 heavy (non-hydrogen) atoms. The highest BCUT2D eigenvalue weighted by atomic mass is 35.5. The first-order valence-corrected chi connectivity index (χ1v) is 7.24. The summed E-state index contributed by atoms with van der Waals surface area (Å²) >= 11 is 0. The number of nitrogens with zero attached hydrogens (tertiary/aromatic N) is 4. The molecule has 1 spiro atoms. The molecule has 0 unspecified atom stereocenters. The Morgan fingerprint density at radius 1 is 1.41 bits per heavy atom. The van der Waals surface area contributed by atoms with Crippen LogP contribution in [0.15, 0.2) is 12.3 Å². The minimum absolute atomic E-state index is 0. The Hall–Kier alpha value is -1.67. The minimum Gasteiger partial charge on any atom is -0.358 e. The molecule has 1 aromatic heterocycles. The number of carbonyl (C=O) groups excluding carboxylic acids is 1. The fraction of sp³-hybridized carbons (Fsp3) is 0.692. The maximum absolute atomic E-state index is 12.2. The number of amides is 1. The zero-order chi connectivity index (χ0) is 14.9. The van der Waals surface area contributed by atoms with Crippen molar-refractivity contribution in [2.45, 2.75) is 25.8 Å². The molecule has 1 aromatic rings. The molecule has 9 heteroatoms. The van der Waals surface area contributed by atoms with Crippen LogP contribution in [0.25, 0.3) is 0 Å². The van der Waals surface area contributed by atoms with Gasteiger partial charge in [-0.3, -0.25) is 4.79 Å². The standard InChI is InChI=1S/C13H19N5O3.ClH/c19-12(9-17-6-1-11(15-17)18(20)21)16-7-3-13(4-8-16)2-5-14-10-13;/h1,6,14H,2-5,7-10H2;1H. The fourth-order valence-corrected chi connectivity index (χ4v) is 3.23. The summed E-state index contributed by atoms with van der Waals surface area (Å²) in [5.41, 5.74) is 0.376. The second-order valence-corrected chi connectivity index (χ2v) is 5.94. The summed E-state index contributed by atoms with van der Waals surface area (Å²) in [6.45, 7) is 3.73. The van der Waals surface area contributed by atoms with Crippen molar-refractivity contribution < 1.29 is 9.72 Å². The molecule has 0 radical (unpaired) electrons. The van der Waals surface area contributed by atoms with Crippen LogP contribution < -0.4 is 5.32 Å². The van der Waals surface area contributed by atoms with Crippen molar-refractivity contribution in [3.05, 3.63) is 22.4 Å². The molecule has 2 saturated heterocycles. The summed E-state index contributed by atoms with van der Waals surface area (Å²) in [5, 5.41) is 17.7. The first-order chi connectivity index (χ1) is 10.1. The summed E-state index contributed by atoms with van der Waals surface area (Å²) in [6.07, 6.45) is 4.73. The van der Waals surface area contributed by atoms with Gasteiger partial charge in [0, 0.05) is 19.6 Å². The molecule has 0 atom stereocenters. The second-order valence-electron chi connectivity index (χ2n) is 5.94. The van der Waals surface area contributed by atoms with Crippen LogP contribution in [-0.4, -0.2) is 51.7 Å². The molecular weight excluding hydrogens is 310 g/mol. The zero-order valence-electron chi connectivity index (χ0n) is 12.2. The normalized spacial score (nSPS) is 19.9. The number of piperidine rings is 1. The van der Waals surface area contributed by atoms with Gasteiger partial charge in [0.2, 0.25) is 5.91 Å². The van der Waals surface area contributed by atoms with Crippen LogP contribution in [0.4, 0.5) is 5.82 Å². The van der Waals surface area contributed by atoms with Gasteiger partial charge in [-0.2, -0.15) is 4.68 Å². The molecule has 2 aliphatic heterocycles. The maximum atomic E-state index is 12.2.